The highest BCUT2D eigenvalue weighted by atomic mass is 35.5. The van der Waals surface area contributed by atoms with Gasteiger partial charge in [-0.2, -0.15) is 0 Å². The minimum absolute atomic E-state index is 0.0756. The molecule has 0 aliphatic heterocycles. The van der Waals surface area contributed by atoms with Crippen molar-refractivity contribution in [2.75, 3.05) is 14.2 Å². The number of halogens is 2. The molecular weight excluding hydrogens is 703 g/mol. The number of carbonyl (C=O) groups is 4. The second kappa shape index (κ2) is 13.7. The number of hydrogen-bond donors (Lipinski definition) is 4. The molecule has 0 saturated heterocycles. The summed E-state index contributed by atoms with van der Waals surface area (Å²) in [5.74, 6) is -3.38. The van der Waals surface area contributed by atoms with Crippen LogP contribution >= 0.6 is 23.2 Å². The highest BCUT2D eigenvalue weighted by Crippen LogP contribution is 2.40. The zero-order valence-electron chi connectivity index (χ0n) is 26.9. The van der Waals surface area contributed by atoms with Crippen LogP contribution in [0.5, 0.6) is 11.5 Å². The van der Waals surface area contributed by atoms with Crippen molar-refractivity contribution in [2.24, 2.45) is 11.5 Å². The van der Waals surface area contributed by atoms with E-state index in [1.54, 1.807) is 33.4 Å². The third kappa shape index (κ3) is 5.93. The summed E-state index contributed by atoms with van der Waals surface area (Å²) in [5.41, 5.74) is 12.9. The molecule has 6 aromatic rings. The summed E-state index contributed by atoms with van der Waals surface area (Å²) in [6, 6.07) is 15.2. The Morgan fingerprint density at radius 3 is 1.37 bits per heavy atom. The van der Waals surface area contributed by atoms with Crippen LogP contribution in [0.1, 0.15) is 47.9 Å². The molecule has 0 saturated carbocycles. The number of nitrogens with zero attached hydrogens (tertiary/aromatic N) is 4. The van der Waals surface area contributed by atoms with Crippen molar-refractivity contribution >= 4 is 69.0 Å². The maximum absolute atomic E-state index is 12.3. The fourth-order valence-corrected chi connectivity index (χ4v) is 6.73. The highest BCUT2D eigenvalue weighted by Gasteiger charge is 2.27. The molecule has 6 N–H and O–H groups in total. The zero-order chi connectivity index (χ0) is 36.7. The predicted octanol–water partition coefficient (Wildman–Crippen LogP) is 5.73. The van der Waals surface area contributed by atoms with Crippen LogP contribution in [0.3, 0.4) is 0 Å². The lowest BCUT2D eigenvalue weighted by atomic mass is 10.1. The van der Waals surface area contributed by atoms with Gasteiger partial charge < -0.3 is 40.3 Å². The van der Waals surface area contributed by atoms with Crippen LogP contribution in [0.25, 0.3) is 44.8 Å². The Labute approximate surface area is 298 Å². The van der Waals surface area contributed by atoms with Gasteiger partial charge in [-0.05, 0) is 55.0 Å². The Morgan fingerprint density at radius 2 is 1.04 bits per heavy atom. The molecule has 0 fully saturated rings. The summed E-state index contributed by atoms with van der Waals surface area (Å²) < 4.78 is 14.6. The lowest BCUT2D eigenvalue weighted by Gasteiger charge is -2.15. The van der Waals surface area contributed by atoms with Gasteiger partial charge in [0.05, 0.1) is 68.7 Å². The number of benzene rings is 4. The minimum atomic E-state index is -1.23. The summed E-state index contributed by atoms with van der Waals surface area (Å²) in [4.78, 5) is 58.7. The first-order valence-corrected chi connectivity index (χ1v) is 15.9. The van der Waals surface area contributed by atoms with Gasteiger partial charge in [0.25, 0.3) is 11.8 Å². The van der Waals surface area contributed by atoms with Gasteiger partial charge >= 0.3 is 11.9 Å². The molecular formula is C35H28Cl2N6O8. The van der Waals surface area contributed by atoms with Crippen molar-refractivity contribution in [3.8, 4) is 34.3 Å². The Bertz CT molecular complexity index is 2270. The van der Waals surface area contributed by atoms with Gasteiger partial charge in [0, 0.05) is 13.1 Å². The second-order valence-corrected chi connectivity index (χ2v) is 12.0. The maximum Gasteiger partial charge on any atom is 0.336 e. The Kier molecular flexibility index (Phi) is 9.30. The van der Waals surface area contributed by atoms with Gasteiger partial charge in [-0.3, -0.25) is 9.59 Å². The fourth-order valence-electron chi connectivity index (χ4n) is 6.22. The number of ether oxygens (including phenoxy) is 2. The number of fused-ring (bicyclic) bond motifs is 2. The van der Waals surface area contributed by atoms with E-state index in [4.69, 9.17) is 54.1 Å². The summed E-state index contributed by atoms with van der Waals surface area (Å²) in [6.45, 7) is 0.387. The summed E-state index contributed by atoms with van der Waals surface area (Å²) in [5, 5.41) is 20.4. The molecule has 2 heterocycles. The Hall–Kier alpha value is -6.12. The van der Waals surface area contributed by atoms with E-state index in [-0.39, 0.29) is 90.7 Å². The number of carboxylic acid groups (broad SMARTS) is 2. The molecule has 6 rings (SSSR count). The third-order valence-corrected chi connectivity index (χ3v) is 9.02. The maximum atomic E-state index is 12.3. The predicted molar refractivity (Wildman–Crippen MR) is 189 cm³/mol. The van der Waals surface area contributed by atoms with Crippen molar-refractivity contribution in [1.82, 2.24) is 19.1 Å². The smallest absolute Gasteiger partial charge is 0.336 e. The van der Waals surface area contributed by atoms with Crippen LogP contribution in [-0.4, -0.2) is 67.3 Å². The van der Waals surface area contributed by atoms with Crippen LogP contribution in [0.15, 0.2) is 60.7 Å². The molecule has 0 spiro atoms. The average Bonchev–Trinajstić information content (AvgIpc) is 3.64. The molecule has 260 valence electrons. The quantitative estimate of drug-likeness (QED) is 0.120. The lowest BCUT2D eigenvalue weighted by molar-refractivity contribution is 0.0686. The molecule has 51 heavy (non-hydrogen) atoms. The summed E-state index contributed by atoms with van der Waals surface area (Å²) in [7, 11) is 2.73. The van der Waals surface area contributed by atoms with Crippen LogP contribution in [0, 0.1) is 0 Å². The molecule has 16 heteroatoms. The molecule has 2 amide bonds. The molecule has 0 bridgehead atoms. The number of primary amides is 2. The number of carbonyl (C=O) groups excluding carboxylic acids is 2. The molecule has 0 unspecified atom stereocenters. The number of aryl methyl sites for hydroxylation is 2. The summed E-state index contributed by atoms with van der Waals surface area (Å²) in [6.07, 6.45) is 0.316. The summed E-state index contributed by atoms with van der Waals surface area (Å²) >= 11 is 13.2. The van der Waals surface area contributed by atoms with Gasteiger partial charge in [-0.15, -0.1) is 0 Å². The standard InChI is InChI=1S/C35H28Cl2N6O8/c1-50-28-18(30(38)44)10-12-22-26(28)40-32(24-16(34(46)47)6-3-8-20(24)36)42(22)14-5-15-43-23-13-11-19(31(39)45)29(51-2)27(23)41-33(43)25-17(35(48)49)7-4-9-21(25)37/h3-4,6-13H,5,14-15H2,1-2H3,(H2,38,44)(H2,39,45)(H,46,47)(H,48,49). The SMILES string of the molecule is COc1c(C(N)=O)ccc2c1nc(-c1c(Cl)cccc1C(=O)O)n2CCCn1c(-c2c(Cl)cccc2C(=O)O)nc2c(OC)c(C(N)=O)ccc21. The molecule has 0 aliphatic carbocycles. The van der Waals surface area contributed by atoms with Gasteiger partial charge in [0.15, 0.2) is 11.5 Å². The van der Waals surface area contributed by atoms with Gasteiger partial charge in [0.1, 0.15) is 22.7 Å². The number of nitrogens with two attached hydrogens (primary N) is 2. The van der Waals surface area contributed by atoms with E-state index in [1.807, 2.05) is 0 Å². The molecule has 0 radical (unpaired) electrons. The normalized spacial score (nSPS) is 11.2. The van der Waals surface area contributed by atoms with Crippen LogP contribution < -0.4 is 20.9 Å². The topological polar surface area (TPSA) is 215 Å². The molecule has 14 nitrogen and oxygen atoms in total. The number of imidazole rings is 2. The van der Waals surface area contributed by atoms with E-state index in [0.29, 0.717) is 17.5 Å². The van der Waals surface area contributed by atoms with Crippen molar-refractivity contribution in [1.29, 1.82) is 0 Å². The van der Waals surface area contributed by atoms with Crippen LogP contribution in [-0.2, 0) is 13.1 Å². The zero-order valence-corrected chi connectivity index (χ0v) is 28.5. The van der Waals surface area contributed by atoms with Gasteiger partial charge in [-0.1, -0.05) is 35.3 Å². The number of aromatic carboxylic acids is 2. The van der Waals surface area contributed by atoms with E-state index >= 15 is 0 Å². The number of hydrogen-bond acceptors (Lipinski definition) is 8. The molecule has 0 aliphatic rings. The molecule has 4 aromatic carbocycles. The lowest BCUT2D eigenvalue weighted by Crippen LogP contribution is -2.13. The van der Waals surface area contributed by atoms with E-state index in [1.165, 1.54) is 50.6 Å². The van der Waals surface area contributed by atoms with Crippen molar-refractivity contribution in [3.63, 3.8) is 0 Å². The first-order valence-electron chi connectivity index (χ1n) is 15.2. The average molecular weight is 732 g/mol. The van der Waals surface area contributed by atoms with E-state index in [0.717, 1.165) is 0 Å². The number of methoxy groups -OCH3 is 2. The Morgan fingerprint density at radius 1 is 0.647 bits per heavy atom. The number of amides is 2. The second-order valence-electron chi connectivity index (χ2n) is 11.2. The first kappa shape index (κ1) is 34.7. The molecule has 2 aromatic heterocycles. The monoisotopic (exact) mass is 730 g/mol. The number of rotatable bonds is 12. The highest BCUT2D eigenvalue weighted by molar-refractivity contribution is 6.34. The van der Waals surface area contributed by atoms with Crippen LogP contribution in [0.2, 0.25) is 10.0 Å². The van der Waals surface area contributed by atoms with E-state index in [9.17, 15) is 29.4 Å². The largest absolute Gasteiger partial charge is 0.494 e. The number of aromatic nitrogens is 4. The number of carboxylic acids is 2. The minimum Gasteiger partial charge on any atom is -0.494 e. The van der Waals surface area contributed by atoms with Gasteiger partial charge in [0.2, 0.25) is 0 Å². The van der Waals surface area contributed by atoms with Crippen LogP contribution in [0.4, 0.5) is 0 Å². The van der Waals surface area contributed by atoms with Crippen molar-refractivity contribution < 1.29 is 38.9 Å². The van der Waals surface area contributed by atoms with E-state index < -0.39 is 23.8 Å². The fraction of sp³-hybridized carbons (Fsp3) is 0.143. The first-order chi connectivity index (χ1) is 24.4. The van der Waals surface area contributed by atoms with Crippen molar-refractivity contribution in [3.05, 3.63) is 93.0 Å². The molecule has 0 atom stereocenters. The van der Waals surface area contributed by atoms with Gasteiger partial charge in [-0.25, -0.2) is 19.6 Å². The third-order valence-electron chi connectivity index (χ3n) is 8.39. The van der Waals surface area contributed by atoms with E-state index in [2.05, 4.69) is 0 Å². The Balaban J connectivity index is 1.55. The van der Waals surface area contributed by atoms with Crippen molar-refractivity contribution in [2.45, 2.75) is 19.5 Å².